The molecular weight excluding hydrogens is 235 g/mol. The van der Waals surface area contributed by atoms with Crippen LogP contribution in [0.5, 0.6) is 11.5 Å². The third-order valence-electron chi connectivity index (χ3n) is 3.24. The van der Waals surface area contributed by atoms with Crippen molar-refractivity contribution in [3.05, 3.63) is 35.4 Å². The van der Waals surface area contributed by atoms with Crippen molar-refractivity contribution in [2.45, 2.75) is 12.8 Å². The standard InChI is InChI=1S/C13H11O3P/c14-10-6-5-9-11(10)12(15)7-3-1-2-4-8(7)13(9)16-17/h1-4,15H,5-6,17H2. The Hall–Kier alpha value is -1.60. The lowest BCUT2D eigenvalue weighted by Gasteiger charge is -2.12. The van der Waals surface area contributed by atoms with Crippen molar-refractivity contribution in [1.82, 2.24) is 0 Å². The van der Waals surface area contributed by atoms with Crippen molar-refractivity contribution >= 4 is 26.0 Å². The molecule has 0 saturated carbocycles. The number of phenolic OH excluding ortho intramolecular Hbond substituents is 1. The van der Waals surface area contributed by atoms with Crippen molar-refractivity contribution in [3.8, 4) is 11.5 Å². The molecule has 2 aromatic carbocycles. The molecule has 1 atom stereocenters. The highest BCUT2D eigenvalue weighted by atomic mass is 31.0. The number of carbonyl (C=O) groups is 1. The number of hydrogen-bond acceptors (Lipinski definition) is 3. The summed E-state index contributed by atoms with van der Waals surface area (Å²) in [6.45, 7) is 0. The molecule has 2 aromatic rings. The molecule has 1 aliphatic carbocycles. The molecule has 17 heavy (non-hydrogen) atoms. The fraction of sp³-hybridized carbons (Fsp3) is 0.154. The lowest BCUT2D eigenvalue weighted by molar-refractivity contribution is 0.0992. The second kappa shape index (κ2) is 3.71. The second-order valence-electron chi connectivity index (χ2n) is 4.12. The molecule has 3 rings (SSSR count). The first-order valence-electron chi connectivity index (χ1n) is 5.40. The second-order valence-corrected chi connectivity index (χ2v) is 4.35. The van der Waals surface area contributed by atoms with Gasteiger partial charge in [-0.15, -0.1) is 0 Å². The minimum absolute atomic E-state index is 0.00782. The van der Waals surface area contributed by atoms with Crippen LogP contribution in [0.1, 0.15) is 22.3 Å². The summed E-state index contributed by atoms with van der Waals surface area (Å²) in [7, 11) is 2.21. The first-order valence-corrected chi connectivity index (χ1v) is 5.87. The number of fused-ring (bicyclic) bond motifs is 2. The van der Waals surface area contributed by atoms with E-state index in [-0.39, 0.29) is 11.5 Å². The van der Waals surface area contributed by atoms with Crippen LogP contribution >= 0.6 is 9.47 Å². The van der Waals surface area contributed by atoms with Gasteiger partial charge in [-0.1, -0.05) is 24.3 Å². The fourth-order valence-corrected chi connectivity index (χ4v) is 2.75. The van der Waals surface area contributed by atoms with Crippen LogP contribution in [0, 0.1) is 0 Å². The Morgan fingerprint density at radius 2 is 1.88 bits per heavy atom. The van der Waals surface area contributed by atoms with E-state index in [1.54, 1.807) is 6.07 Å². The van der Waals surface area contributed by atoms with Crippen LogP contribution in [-0.2, 0) is 6.42 Å². The first kappa shape index (κ1) is 10.5. The monoisotopic (exact) mass is 246 g/mol. The summed E-state index contributed by atoms with van der Waals surface area (Å²) < 4.78 is 5.33. The molecule has 4 heteroatoms. The molecule has 0 radical (unpaired) electrons. The zero-order valence-electron chi connectivity index (χ0n) is 9.06. The summed E-state index contributed by atoms with van der Waals surface area (Å²) >= 11 is 0. The number of carbonyl (C=O) groups excluding carboxylic acids is 1. The highest BCUT2D eigenvalue weighted by Gasteiger charge is 2.29. The maximum absolute atomic E-state index is 11.8. The smallest absolute Gasteiger partial charge is 0.167 e. The van der Waals surface area contributed by atoms with Gasteiger partial charge in [-0.25, -0.2) is 0 Å². The maximum Gasteiger partial charge on any atom is 0.167 e. The van der Waals surface area contributed by atoms with E-state index in [9.17, 15) is 9.90 Å². The molecule has 0 amide bonds. The third-order valence-corrected chi connectivity index (χ3v) is 3.47. The van der Waals surface area contributed by atoms with E-state index in [0.29, 0.717) is 29.5 Å². The lowest BCUT2D eigenvalue weighted by atomic mass is 9.99. The molecule has 0 aromatic heterocycles. The van der Waals surface area contributed by atoms with E-state index < -0.39 is 0 Å². The van der Waals surface area contributed by atoms with Crippen molar-refractivity contribution in [2.75, 3.05) is 0 Å². The number of Topliss-reactive ketones (excluding diaryl/α,β-unsaturated/α-hetero) is 1. The van der Waals surface area contributed by atoms with Gasteiger partial charge in [-0.2, -0.15) is 0 Å². The van der Waals surface area contributed by atoms with E-state index in [2.05, 4.69) is 9.47 Å². The van der Waals surface area contributed by atoms with Gasteiger partial charge in [-0.05, 0) is 6.42 Å². The molecule has 1 unspecified atom stereocenters. The van der Waals surface area contributed by atoms with Gasteiger partial charge in [0.25, 0.3) is 0 Å². The van der Waals surface area contributed by atoms with Gasteiger partial charge in [-0.3, -0.25) is 4.79 Å². The van der Waals surface area contributed by atoms with Crippen LogP contribution in [0.2, 0.25) is 0 Å². The minimum atomic E-state index is -0.00782. The van der Waals surface area contributed by atoms with Crippen molar-refractivity contribution in [3.63, 3.8) is 0 Å². The lowest BCUT2D eigenvalue weighted by Crippen LogP contribution is -1.95. The van der Waals surface area contributed by atoms with Crippen molar-refractivity contribution in [2.24, 2.45) is 0 Å². The van der Waals surface area contributed by atoms with Gasteiger partial charge >= 0.3 is 0 Å². The van der Waals surface area contributed by atoms with Crippen molar-refractivity contribution < 1.29 is 14.4 Å². The molecule has 1 aliphatic rings. The van der Waals surface area contributed by atoms with E-state index in [4.69, 9.17) is 4.52 Å². The predicted octanol–water partition coefficient (Wildman–Crippen LogP) is 2.84. The molecule has 1 N–H and O–H groups in total. The maximum atomic E-state index is 11.8. The predicted molar refractivity (Wildman–Crippen MR) is 68.6 cm³/mol. The van der Waals surface area contributed by atoms with Crippen LogP contribution in [0.4, 0.5) is 0 Å². The van der Waals surface area contributed by atoms with Gasteiger partial charge in [0.2, 0.25) is 0 Å². The van der Waals surface area contributed by atoms with Crippen LogP contribution in [0.15, 0.2) is 24.3 Å². The first-order chi connectivity index (χ1) is 8.24. The molecule has 0 heterocycles. The van der Waals surface area contributed by atoms with E-state index >= 15 is 0 Å². The number of hydrogen-bond donors (Lipinski definition) is 1. The number of ketones is 1. The SMILES string of the molecule is O=C1CCc2c1c(O)c1ccccc1c2OP. The summed E-state index contributed by atoms with van der Waals surface area (Å²) in [6, 6.07) is 7.40. The minimum Gasteiger partial charge on any atom is -0.507 e. The largest absolute Gasteiger partial charge is 0.507 e. The van der Waals surface area contributed by atoms with Gasteiger partial charge in [0.05, 0.1) is 15.0 Å². The number of rotatable bonds is 1. The normalized spacial score (nSPS) is 14.1. The Kier molecular flexibility index (Phi) is 2.30. The topological polar surface area (TPSA) is 46.5 Å². The summed E-state index contributed by atoms with van der Waals surface area (Å²) in [5, 5.41) is 11.7. The number of phenols is 1. The molecule has 0 saturated heterocycles. The highest BCUT2D eigenvalue weighted by molar-refractivity contribution is 7.10. The summed E-state index contributed by atoms with van der Waals surface area (Å²) in [4.78, 5) is 11.8. The average molecular weight is 246 g/mol. The van der Waals surface area contributed by atoms with Crippen LogP contribution in [0.3, 0.4) is 0 Å². The average Bonchev–Trinajstić information content (AvgIpc) is 2.73. The Balaban J connectivity index is 2.51. The molecular formula is C13H11O3P. The molecule has 0 fully saturated rings. The van der Waals surface area contributed by atoms with Gasteiger partial charge < -0.3 is 9.63 Å². The highest BCUT2D eigenvalue weighted by Crippen LogP contribution is 2.44. The van der Waals surface area contributed by atoms with Gasteiger partial charge in [0.15, 0.2) is 5.78 Å². The summed E-state index contributed by atoms with van der Waals surface area (Å²) in [5.41, 5.74) is 1.25. The zero-order chi connectivity index (χ0) is 12.0. The Morgan fingerprint density at radius 3 is 2.59 bits per heavy atom. The van der Waals surface area contributed by atoms with E-state index in [1.807, 2.05) is 18.2 Å². The van der Waals surface area contributed by atoms with E-state index in [0.717, 1.165) is 10.9 Å². The zero-order valence-corrected chi connectivity index (χ0v) is 10.2. The van der Waals surface area contributed by atoms with E-state index in [1.165, 1.54) is 0 Å². The van der Waals surface area contributed by atoms with Gasteiger partial charge in [0, 0.05) is 22.8 Å². The quantitative estimate of drug-likeness (QED) is 0.787. The van der Waals surface area contributed by atoms with Crippen LogP contribution in [0.25, 0.3) is 10.8 Å². The molecule has 86 valence electrons. The van der Waals surface area contributed by atoms with Crippen LogP contribution < -0.4 is 4.52 Å². The summed E-state index contributed by atoms with van der Waals surface area (Å²) in [6.07, 6.45) is 1.08. The Labute approximate surface area is 101 Å². The number of aromatic hydroxyl groups is 1. The third kappa shape index (κ3) is 1.36. The summed E-state index contributed by atoms with van der Waals surface area (Å²) in [5.74, 6) is 0.764. The Bertz CT molecular complexity index is 634. The van der Waals surface area contributed by atoms with Crippen molar-refractivity contribution in [1.29, 1.82) is 0 Å². The molecule has 3 nitrogen and oxygen atoms in total. The van der Waals surface area contributed by atoms with Crippen LogP contribution in [-0.4, -0.2) is 10.9 Å². The fourth-order valence-electron chi connectivity index (χ4n) is 2.48. The molecule has 0 aliphatic heterocycles. The Morgan fingerprint density at radius 1 is 1.18 bits per heavy atom. The number of benzene rings is 2. The van der Waals surface area contributed by atoms with Gasteiger partial charge in [0.1, 0.15) is 11.5 Å². The molecule has 0 spiro atoms. The molecule has 0 bridgehead atoms.